The topological polar surface area (TPSA) is 43.4 Å². The fourth-order valence-electron chi connectivity index (χ4n) is 3.00. The van der Waals surface area contributed by atoms with E-state index in [4.69, 9.17) is 9.47 Å². The van der Waals surface area contributed by atoms with Crippen LogP contribution >= 0.6 is 15.9 Å². The van der Waals surface area contributed by atoms with E-state index in [1.165, 1.54) is 5.56 Å². The van der Waals surface area contributed by atoms with Crippen LogP contribution in [0.5, 0.6) is 5.75 Å². The van der Waals surface area contributed by atoms with Gasteiger partial charge >= 0.3 is 0 Å². The lowest BCUT2D eigenvalue weighted by Crippen LogP contribution is -2.39. The molecule has 0 bridgehead atoms. The van der Waals surface area contributed by atoms with E-state index in [9.17, 15) is 0 Å². The highest BCUT2D eigenvalue weighted by Crippen LogP contribution is 2.29. The molecule has 0 spiro atoms. The lowest BCUT2D eigenvalue weighted by atomic mass is 9.96. The molecule has 0 amide bonds. The maximum atomic E-state index is 6.01. The van der Waals surface area contributed by atoms with Crippen LogP contribution in [-0.2, 0) is 11.3 Å². The third-order valence-corrected chi connectivity index (χ3v) is 4.65. The van der Waals surface area contributed by atoms with Crippen molar-refractivity contribution in [1.29, 1.82) is 0 Å². The first-order chi connectivity index (χ1) is 11.3. The zero-order valence-electron chi connectivity index (χ0n) is 13.2. The van der Waals surface area contributed by atoms with Gasteiger partial charge in [0.1, 0.15) is 5.75 Å². The Morgan fingerprint density at radius 3 is 2.91 bits per heavy atom. The molecule has 5 heteroatoms. The van der Waals surface area contributed by atoms with E-state index >= 15 is 0 Å². The second-order valence-corrected chi connectivity index (χ2v) is 6.57. The number of hydrogen-bond donors (Lipinski definition) is 1. The van der Waals surface area contributed by atoms with E-state index in [2.05, 4.69) is 32.3 Å². The van der Waals surface area contributed by atoms with Gasteiger partial charge in [-0.1, -0.05) is 15.9 Å². The van der Waals surface area contributed by atoms with Crippen molar-refractivity contribution >= 4 is 15.9 Å². The Balaban J connectivity index is 1.72. The van der Waals surface area contributed by atoms with Gasteiger partial charge in [0.05, 0.1) is 13.2 Å². The number of nitrogens with zero attached hydrogens (tertiary/aromatic N) is 1. The first kappa shape index (κ1) is 16.4. The van der Waals surface area contributed by atoms with Crippen LogP contribution in [0.3, 0.4) is 0 Å². The summed E-state index contributed by atoms with van der Waals surface area (Å²) in [6, 6.07) is 10.4. The molecule has 2 atom stereocenters. The van der Waals surface area contributed by atoms with E-state index in [1.54, 1.807) is 7.11 Å². The number of methoxy groups -OCH3 is 1. The van der Waals surface area contributed by atoms with Gasteiger partial charge in [-0.05, 0) is 48.7 Å². The molecule has 0 unspecified atom stereocenters. The summed E-state index contributed by atoms with van der Waals surface area (Å²) in [5, 5.41) is 3.64. The minimum Gasteiger partial charge on any atom is -0.496 e. The SMILES string of the molecule is COc1ccc(Br)cc1CN[C@H]1CCCO[C@@H]1c1ccncc1. The van der Waals surface area contributed by atoms with Crippen molar-refractivity contribution in [2.45, 2.75) is 31.5 Å². The standard InChI is InChI=1S/C18H21BrN2O2/c1-22-17-5-4-15(19)11-14(17)12-21-16-3-2-10-23-18(16)13-6-8-20-9-7-13/h4-9,11,16,18,21H,2-3,10,12H2,1H3/t16-,18+/m0/s1. The summed E-state index contributed by atoms with van der Waals surface area (Å²) in [4.78, 5) is 4.09. The first-order valence-corrected chi connectivity index (χ1v) is 8.64. The van der Waals surface area contributed by atoms with Gasteiger partial charge in [0, 0.05) is 41.6 Å². The number of benzene rings is 1. The molecule has 1 aliphatic heterocycles. The summed E-state index contributed by atoms with van der Waals surface area (Å²) in [6.45, 7) is 1.56. The van der Waals surface area contributed by atoms with Gasteiger partial charge in [-0.25, -0.2) is 0 Å². The Morgan fingerprint density at radius 1 is 1.30 bits per heavy atom. The largest absolute Gasteiger partial charge is 0.496 e. The number of halogens is 1. The summed E-state index contributed by atoms with van der Waals surface area (Å²) < 4.78 is 12.5. The van der Waals surface area contributed by atoms with E-state index in [-0.39, 0.29) is 12.1 Å². The molecule has 23 heavy (non-hydrogen) atoms. The monoisotopic (exact) mass is 376 g/mol. The molecule has 0 aliphatic carbocycles. The normalized spacial score (nSPS) is 21.1. The second kappa shape index (κ2) is 7.90. The van der Waals surface area contributed by atoms with E-state index in [1.807, 2.05) is 36.7 Å². The lowest BCUT2D eigenvalue weighted by molar-refractivity contribution is -0.0112. The molecule has 3 rings (SSSR count). The molecule has 1 aromatic heterocycles. The summed E-state index contributed by atoms with van der Waals surface area (Å²) >= 11 is 3.53. The van der Waals surface area contributed by atoms with Crippen LogP contribution in [0.2, 0.25) is 0 Å². The van der Waals surface area contributed by atoms with Crippen LogP contribution in [0.25, 0.3) is 0 Å². The third-order valence-electron chi connectivity index (χ3n) is 4.15. The number of ether oxygens (including phenoxy) is 2. The number of aromatic nitrogens is 1. The highest BCUT2D eigenvalue weighted by molar-refractivity contribution is 9.10. The Bertz CT molecular complexity index is 636. The predicted molar refractivity (Wildman–Crippen MR) is 93.5 cm³/mol. The zero-order chi connectivity index (χ0) is 16.1. The fourth-order valence-corrected chi connectivity index (χ4v) is 3.41. The van der Waals surface area contributed by atoms with Crippen molar-refractivity contribution < 1.29 is 9.47 Å². The molecule has 2 heterocycles. The minimum atomic E-state index is 0.0740. The smallest absolute Gasteiger partial charge is 0.123 e. The lowest BCUT2D eigenvalue weighted by Gasteiger charge is -2.33. The van der Waals surface area contributed by atoms with Crippen LogP contribution in [0.15, 0.2) is 47.2 Å². The Kier molecular flexibility index (Phi) is 5.65. The molecule has 1 aliphatic rings. The molecule has 1 N–H and O–H groups in total. The summed E-state index contributed by atoms with van der Waals surface area (Å²) in [5.41, 5.74) is 2.32. The van der Waals surface area contributed by atoms with Crippen molar-refractivity contribution in [2.75, 3.05) is 13.7 Å². The number of nitrogens with one attached hydrogen (secondary N) is 1. The maximum Gasteiger partial charge on any atom is 0.123 e. The fraction of sp³-hybridized carbons (Fsp3) is 0.389. The predicted octanol–water partition coefficient (Wildman–Crippen LogP) is 3.86. The maximum absolute atomic E-state index is 6.01. The molecular formula is C18H21BrN2O2. The quantitative estimate of drug-likeness (QED) is 0.860. The van der Waals surface area contributed by atoms with Crippen molar-refractivity contribution in [2.24, 2.45) is 0 Å². The van der Waals surface area contributed by atoms with Gasteiger partial charge in [-0.15, -0.1) is 0 Å². The molecule has 1 fully saturated rings. The van der Waals surface area contributed by atoms with Crippen molar-refractivity contribution in [3.05, 3.63) is 58.3 Å². The van der Waals surface area contributed by atoms with Gasteiger partial charge in [0.2, 0.25) is 0 Å². The van der Waals surface area contributed by atoms with Crippen molar-refractivity contribution in [3.63, 3.8) is 0 Å². The van der Waals surface area contributed by atoms with Crippen LogP contribution in [0.1, 0.15) is 30.1 Å². The van der Waals surface area contributed by atoms with Gasteiger partial charge < -0.3 is 14.8 Å². The summed E-state index contributed by atoms with van der Waals surface area (Å²) in [5.74, 6) is 0.901. The third kappa shape index (κ3) is 4.10. The molecular weight excluding hydrogens is 356 g/mol. The van der Waals surface area contributed by atoms with E-state index in [0.29, 0.717) is 0 Å². The number of pyridine rings is 1. The van der Waals surface area contributed by atoms with Crippen LogP contribution < -0.4 is 10.1 Å². The highest BCUT2D eigenvalue weighted by Gasteiger charge is 2.27. The molecule has 1 saturated heterocycles. The van der Waals surface area contributed by atoms with Gasteiger partial charge in [0.15, 0.2) is 0 Å². The Hall–Kier alpha value is -1.43. The molecule has 122 valence electrons. The highest BCUT2D eigenvalue weighted by atomic mass is 79.9. The first-order valence-electron chi connectivity index (χ1n) is 7.85. The number of rotatable bonds is 5. The van der Waals surface area contributed by atoms with Crippen LogP contribution in [-0.4, -0.2) is 24.7 Å². The van der Waals surface area contributed by atoms with Crippen LogP contribution in [0, 0.1) is 0 Å². The average molecular weight is 377 g/mol. The Morgan fingerprint density at radius 2 is 2.13 bits per heavy atom. The molecule has 0 radical (unpaired) electrons. The Labute approximate surface area is 145 Å². The van der Waals surface area contributed by atoms with Crippen molar-refractivity contribution in [1.82, 2.24) is 10.3 Å². The minimum absolute atomic E-state index is 0.0740. The van der Waals surface area contributed by atoms with Gasteiger partial charge in [-0.2, -0.15) is 0 Å². The molecule has 0 saturated carbocycles. The van der Waals surface area contributed by atoms with Gasteiger partial charge in [0.25, 0.3) is 0 Å². The van der Waals surface area contributed by atoms with E-state index < -0.39 is 0 Å². The molecule has 2 aromatic rings. The number of hydrogen-bond acceptors (Lipinski definition) is 4. The summed E-state index contributed by atoms with van der Waals surface area (Å²) in [7, 11) is 1.70. The summed E-state index contributed by atoms with van der Waals surface area (Å²) in [6.07, 6.45) is 5.89. The molecule has 4 nitrogen and oxygen atoms in total. The van der Waals surface area contributed by atoms with Crippen molar-refractivity contribution in [3.8, 4) is 5.75 Å². The zero-order valence-corrected chi connectivity index (χ0v) is 14.8. The molecule has 1 aromatic carbocycles. The second-order valence-electron chi connectivity index (χ2n) is 5.66. The van der Waals surface area contributed by atoms with E-state index in [0.717, 1.165) is 41.8 Å². The van der Waals surface area contributed by atoms with Gasteiger partial charge in [-0.3, -0.25) is 4.98 Å². The van der Waals surface area contributed by atoms with Crippen LogP contribution in [0.4, 0.5) is 0 Å². The average Bonchev–Trinajstić information content (AvgIpc) is 2.61.